The number of rotatable bonds is 6. The van der Waals surface area contributed by atoms with Gasteiger partial charge in [0.2, 0.25) is 0 Å². The number of alkyl halides is 1. The Morgan fingerprint density at radius 2 is 2.40 bits per heavy atom. The van der Waals surface area contributed by atoms with E-state index in [0.29, 0.717) is 6.54 Å². The first-order valence-corrected chi connectivity index (χ1v) is 6.57. The highest BCUT2D eigenvalue weighted by Crippen LogP contribution is 2.05. The third-order valence-corrected chi connectivity index (χ3v) is 3.44. The zero-order valence-corrected chi connectivity index (χ0v) is 9.98. The fourth-order valence-corrected chi connectivity index (χ4v) is 2.20. The Labute approximate surface area is 94.3 Å². The van der Waals surface area contributed by atoms with E-state index in [1.807, 2.05) is 6.92 Å². The third kappa shape index (κ3) is 4.19. The van der Waals surface area contributed by atoms with Crippen molar-refractivity contribution < 1.29 is 8.42 Å². The highest BCUT2D eigenvalue weighted by Gasteiger charge is 2.14. The van der Waals surface area contributed by atoms with E-state index in [0.717, 1.165) is 12.8 Å². The van der Waals surface area contributed by atoms with Gasteiger partial charge in [0.25, 0.3) is 10.0 Å². The molecule has 7 heteroatoms. The van der Waals surface area contributed by atoms with Crippen molar-refractivity contribution in [2.24, 2.45) is 0 Å². The number of H-pyrrole nitrogens is 1. The zero-order chi connectivity index (χ0) is 11.3. The van der Waals surface area contributed by atoms with Crippen LogP contribution in [-0.4, -0.2) is 30.5 Å². The molecule has 1 rings (SSSR count). The smallest absolute Gasteiger partial charge is 0.257 e. The van der Waals surface area contributed by atoms with Gasteiger partial charge in [-0.15, -0.1) is 11.6 Å². The second-order valence-corrected chi connectivity index (χ2v) is 5.72. The second kappa shape index (κ2) is 5.48. The molecule has 5 nitrogen and oxygen atoms in total. The lowest BCUT2D eigenvalue weighted by molar-refractivity contribution is 0.572. The molecule has 0 aromatic carbocycles. The van der Waals surface area contributed by atoms with Crippen molar-refractivity contribution in [3.05, 3.63) is 12.3 Å². The van der Waals surface area contributed by atoms with E-state index >= 15 is 0 Å². The second-order valence-electron chi connectivity index (χ2n) is 3.24. The number of nitrogens with zero attached hydrogens (tertiary/aromatic N) is 1. The van der Waals surface area contributed by atoms with Crippen molar-refractivity contribution >= 4 is 21.6 Å². The summed E-state index contributed by atoms with van der Waals surface area (Å²) < 4.78 is 25.5. The van der Waals surface area contributed by atoms with Crippen LogP contribution in [0.4, 0.5) is 0 Å². The number of hydrogen-bond donors (Lipinski definition) is 2. The minimum absolute atomic E-state index is 0.0710. The lowest BCUT2D eigenvalue weighted by Gasteiger charge is -2.05. The molecule has 1 unspecified atom stereocenters. The van der Waals surface area contributed by atoms with Crippen LogP contribution in [0.1, 0.15) is 19.8 Å². The summed E-state index contributed by atoms with van der Waals surface area (Å²) in [6, 6.07) is 1.41. The lowest BCUT2D eigenvalue weighted by atomic mass is 10.2. The molecular formula is C8H14ClN3O2S. The first kappa shape index (κ1) is 12.5. The van der Waals surface area contributed by atoms with Crippen LogP contribution in [0.25, 0.3) is 0 Å². The molecule has 0 amide bonds. The van der Waals surface area contributed by atoms with Gasteiger partial charge in [-0.1, -0.05) is 0 Å². The van der Waals surface area contributed by atoms with Crippen molar-refractivity contribution in [1.82, 2.24) is 14.9 Å². The Kier molecular flexibility index (Phi) is 4.56. The summed E-state index contributed by atoms with van der Waals surface area (Å²) in [5.41, 5.74) is 0. The van der Waals surface area contributed by atoms with Crippen LogP contribution in [0.2, 0.25) is 0 Å². The number of hydrogen-bond acceptors (Lipinski definition) is 3. The van der Waals surface area contributed by atoms with Crippen molar-refractivity contribution in [2.75, 3.05) is 6.54 Å². The van der Waals surface area contributed by atoms with Crippen LogP contribution < -0.4 is 4.72 Å². The molecule has 2 N–H and O–H groups in total. The summed E-state index contributed by atoms with van der Waals surface area (Å²) in [5, 5.41) is 6.14. The molecule has 0 aliphatic rings. The van der Waals surface area contributed by atoms with Crippen LogP contribution >= 0.6 is 11.6 Å². The van der Waals surface area contributed by atoms with Gasteiger partial charge in [-0.05, 0) is 25.8 Å². The normalized spacial score (nSPS) is 14.0. The van der Waals surface area contributed by atoms with Crippen molar-refractivity contribution in [1.29, 1.82) is 0 Å². The molecule has 0 bridgehead atoms. The Morgan fingerprint density at radius 1 is 1.67 bits per heavy atom. The van der Waals surface area contributed by atoms with E-state index in [1.54, 1.807) is 0 Å². The van der Waals surface area contributed by atoms with E-state index in [9.17, 15) is 8.42 Å². The predicted octanol–water partition coefficient (Wildman–Crippen LogP) is 1.10. The quantitative estimate of drug-likeness (QED) is 0.587. The molecule has 0 fully saturated rings. The van der Waals surface area contributed by atoms with Gasteiger partial charge in [0, 0.05) is 11.9 Å². The van der Waals surface area contributed by atoms with E-state index in [2.05, 4.69) is 14.9 Å². The van der Waals surface area contributed by atoms with Gasteiger partial charge in [0.15, 0.2) is 5.03 Å². The molecular weight excluding hydrogens is 238 g/mol. The molecule has 0 saturated carbocycles. The molecule has 0 aliphatic heterocycles. The van der Waals surface area contributed by atoms with E-state index in [1.165, 1.54) is 12.3 Å². The maximum Gasteiger partial charge on any atom is 0.257 e. The average Bonchev–Trinajstić information content (AvgIpc) is 2.65. The first-order chi connectivity index (χ1) is 7.02. The van der Waals surface area contributed by atoms with E-state index in [4.69, 9.17) is 11.6 Å². The van der Waals surface area contributed by atoms with Crippen LogP contribution in [0, 0.1) is 0 Å². The van der Waals surface area contributed by atoms with E-state index < -0.39 is 10.0 Å². The van der Waals surface area contributed by atoms with Gasteiger partial charge in [0.1, 0.15) is 0 Å². The summed E-state index contributed by atoms with van der Waals surface area (Å²) in [6.45, 7) is 2.27. The molecule has 15 heavy (non-hydrogen) atoms. The highest BCUT2D eigenvalue weighted by atomic mass is 35.5. The molecule has 86 valence electrons. The van der Waals surface area contributed by atoms with E-state index in [-0.39, 0.29) is 10.4 Å². The molecule has 0 radical (unpaired) electrons. The molecule has 1 atom stereocenters. The van der Waals surface area contributed by atoms with Crippen LogP contribution in [0.5, 0.6) is 0 Å². The predicted molar refractivity (Wildman–Crippen MR) is 58.3 cm³/mol. The van der Waals surface area contributed by atoms with Crippen molar-refractivity contribution in [3.8, 4) is 0 Å². The zero-order valence-electron chi connectivity index (χ0n) is 8.40. The summed E-state index contributed by atoms with van der Waals surface area (Å²) in [7, 11) is -3.43. The highest BCUT2D eigenvalue weighted by molar-refractivity contribution is 7.89. The third-order valence-electron chi connectivity index (χ3n) is 1.84. The summed E-state index contributed by atoms with van der Waals surface area (Å²) >= 11 is 5.73. The van der Waals surface area contributed by atoms with Crippen LogP contribution in [0.3, 0.4) is 0 Å². The summed E-state index contributed by atoms with van der Waals surface area (Å²) in [5.74, 6) is 0. The molecule has 0 spiro atoms. The summed E-state index contributed by atoms with van der Waals surface area (Å²) in [4.78, 5) is 0. The van der Waals surface area contributed by atoms with Gasteiger partial charge in [-0.3, -0.25) is 5.10 Å². The van der Waals surface area contributed by atoms with Crippen molar-refractivity contribution in [3.63, 3.8) is 0 Å². The Morgan fingerprint density at radius 3 is 2.93 bits per heavy atom. The maximum absolute atomic E-state index is 11.5. The fraction of sp³-hybridized carbons (Fsp3) is 0.625. The minimum Gasteiger partial charge on any atom is -0.266 e. The number of sulfonamides is 1. The number of nitrogens with one attached hydrogen (secondary N) is 2. The molecule has 0 aliphatic carbocycles. The number of aromatic nitrogens is 2. The van der Waals surface area contributed by atoms with Crippen LogP contribution in [-0.2, 0) is 10.0 Å². The SMILES string of the molecule is CC(Cl)CCCNS(=O)(=O)c1ccn[nH]1. The van der Waals surface area contributed by atoms with Gasteiger partial charge < -0.3 is 0 Å². The largest absolute Gasteiger partial charge is 0.266 e. The monoisotopic (exact) mass is 251 g/mol. The Balaban J connectivity index is 2.39. The first-order valence-electron chi connectivity index (χ1n) is 4.65. The average molecular weight is 252 g/mol. The summed E-state index contributed by atoms with van der Waals surface area (Å²) in [6.07, 6.45) is 2.90. The van der Waals surface area contributed by atoms with Gasteiger partial charge >= 0.3 is 0 Å². The van der Waals surface area contributed by atoms with Gasteiger partial charge in [-0.2, -0.15) is 5.10 Å². The molecule has 0 saturated heterocycles. The van der Waals surface area contributed by atoms with Gasteiger partial charge in [0.05, 0.1) is 6.20 Å². The Bertz CT molecular complexity index is 375. The number of aromatic amines is 1. The Hall–Kier alpha value is -0.590. The maximum atomic E-state index is 11.5. The van der Waals surface area contributed by atoms with Crippen molar-refractivity contribution in [2.45, 2.75) is 30.2 Å². The molecule has 1 heterocycles. The molecule has 1 aromatic heterocycles. The standard InChI is InChI=1S/C8H14ClN3O2S/c1-7(9)3-2-5-11-15(13,14)8-4-6-10-12-8/h4,6-7,11H,2-3,5H2,1H3,(H,10,12). The fourth-order valence-electron chi connectivity index (χ4n) is 1.06. The van der Waals surface area contributed by atoms with Gasteiger partial charge in [-0.25, -0.2) is 13.1 Å². The number of halogens is 1. The lowest BCUT2D eigenvalue weighted by Crippen LogP contribution is -2.25. The molecule has 1 aromatic rings. The van der Waals surface area contributed by atoms with Crippen LogP contribution in [0.15, 0.2) is 17.3 Å². The topological polar surface area (TPSA) is 74.8 Å². The minimum atomic E-state index is -3.43.